The van der Waals surface area contributed by atoms with E-state index in [-0.39, 0.29) is 31.1 Å². The molecule has 0 aliphatic heterocycles. The van der Waals surface area contributed by atoms with Gasteiger partial charge in [0, 0.05) is 19.3 Å². The van der Waals surface area contributed by atoms with Crippen LogP contribution < -0.4 is 0 Å². The maximum absolute atomic E-state index is 12.9. The predicted octanol–water partition coefficient (Wildman–Crippen LogP) is 21.4. The number of allylic oxidation sites excluding steroid dienone is 4. The molecule has 0 heterocycles. The van der Waals surface area contributed by atoms with Gasteiger partial charge in [0.1, 0.15) is 13.2 Å². The van der Waals surface area contributed by atoms with E-state index < -0.39 is 6.10 Å². The largest absolute Gasteiger partial charge is 0.462 e. The first-order valence-electron chi connectivity index (χ1n) is 31.8. The van der Waals surface area contributed by atoms with Crippen molar-refractivity contribution in [3.63, 3.8) is 0 Å². The van der Waals surface area contributed by atoms with Crippen LogP contribution in [0.4, 0.5) is 0 Å². The third kappa shape index (κ3) is 58.7. The van der Waals surface area contributed by atoms with Crippen molar-refractivity contribution in [2.24, 2.45) is 0 Å². The Bertz CT molecular complexity index is 1150. The maximum Gasteiger partial charge on any atom is 0.306 e. The van der Waals surface area contributed by atoms with Gasteiger partial charge in [-0.25, -0.2) is 0 Å². The van der Waals surface area contributed by atoms with Gasteiger partial charge in [0.2, 0.25) is 0 Å². The van der Waals surface area contributed by atoms with Gasteiger partial charge in [-0.15, -0.1) is 0 Å². The van der Waals surface area contributed by atoms with E-state index >= 15 is 0 Å². The Morgan fingerprint density at radius 2 is 0.507 bits per heavy atom. The maximum atomic E-state index is 12.9. The van der Waals surface area contributed by atoms with Crippen LogP contribution in [-0.2, 0) is 28.6 Å². The van der Waals surface area contributed by atoms with Crippen LogP contribution in [0.3, 0.4) is 0 Å². The smallest absolute Gasteiger partial charge is 0.306 e. The number of esters is 3. The third-order valence-corrected chi connectivity index (χ3v) is 14.5. The zero-order valence-electron chi connectivity index (χ0n) is 48.0. The summed E-state index contributed by atoms with van der Waals surface area (Å²) in [6.07, 6.45) is 71.9. The Morgan fingerprint density at radius 3 is 0.775 bits per heavy atom. The molecule has 0 N–H and O–H groups in total. The van der Waals surface area contributed by atoms with Crippen molar-refractivity contribution in [3.8, 4) is 0 Å². The number of rotatable bonds is 59. The Hall–Kier alpha value is -2.11. The highest BCUT2D eigenvalue weighted by Crippen LogP contribution is 2.18. The van der Waals surface area contributed by atoms with Crippen molar-refractivity contribution < 1.29 is 28.6 Å². The molecular formula is C65H122O6. The molecule has 6 nitrogen and oxygen atoms in total. The quantitative estimate of drug-likeness (QED) is 0.0261. The summed E-state index contributed by atoms with van der Waals surface area (Å²) in [6.45, 7) is 6.69. The van der Waals surface area contributed by atoms with Crippen molar-refractivity contribution in [2.45, 2.75) is 361 Å². The lowest BCUT2D eigenvalue weighted by Crippen LogP contribution is -2.30. The number of hydrogen-bond acceptors (Lipinski definition) is 6. The average molecular weight is 1000 g/mol. The van der Waals surface area contributed by atoms with E-state index in [1.165, 1.54) is 250 Å². The standard InChI is InChI=1S/C65H122O6/c1-4-7-10-13-16-19-22-24-26-28-29-30-31-32-33-34-35-37-38-40-43-46-49-52-55-58-64(67)70-61-62(60-69-63(66)57-54-51-48-45-42-21-18-15-12-9-6-3)71-65(68)59-56-53-50-47-44-41-39-36-27-25-23-20-17-14-11-8-5-2/h22,24,28-29,62H,4-21,23,25-27,30-61H2,1-3H3/b24-22-,29-28-. The lowest BCUT2D eigenvalue weighted by molar-refractivity contribution is -0.167. The number of carbonyl (C=O) groups excluding carboxylic acids is 3. The van der Waals surface area contributed by atoms with Crippen LogP contribution in [-0.4, -0.2) is 37.2 Å². The summed E-state index contributed by atoms with van der Waals surface area (Å²) in [6, 6.07) is 0. The first-order valence-corrected chi connectivity index (χ1v) is 31.8. The van der Waals surface area contributed by atoms with Crippen molar-refractivity contribution in [1.82, 2.24) is 0 Å². The number of carbonyl (C=O) groups is 3. The molecule has 0 saturated carbocycles. The first kappa shape index (κ1) is 68.9. The minimum Gasteiger partial charge on any atom is -0.462 e. The van der Waals surface area contributed by atoms with Crippen molar-refractivity contribution in [3.05, 3.63) is 24.3 Å². The predicted molar refractivity (Wildman–Crippen MR) is 307 cm³/mol. The van der Waals surface area contributed by atoms with Crippen LogP contribution in [0.2, 0.25) is 0 Å². The molecule has 0 aliphatic rings. The van der Waals surface area contributed by atoms with E-state index in [0.29, 0.717) is 19.3 Å². The molecular weight excluding hydrogens is 877 g/mol. The molecule has 0 aromatic carbocycles. The van der Waals surface area contributed by atoms with Crippen LogP contribution >= 0.6 is 0 Å². The summed E-state index contributed by atoms with van der Waals surface area (Å²) in [7, 11) is 0. The van der Waals surface area contributed by atoms with E-state index in [2.05, 4.69) is 45.1 Å². The SMILES string of the molecule is CCCCCCC/C=C\C/C=C\CCCCCCCCCCCCCCCC(=O)OCC(COC(=O)CCCCCCCCCCCCC)OC(=O)CCCCCCCCCCCCCCCCCCC. The first-order chi connectivity index (χ1) is 35.0. The van der Waals surface area contributed by atoms with Crippen molar-refractivity contribution in [1.29, 1.82) is 0 Å². The molecule has 0 saturated heterocycles. The van der Waals surface area contributed by atoms with Crippen LogP contribution in [0.1, 0.15) is 355 Å². The van der Waals surface area contributed by atoms with Gasteiger partial charge in [0.05, 0.1) is 0 Å². The van der Waals surface area contributed by atoms with E-state index in [0.717, 1.165) is 64.2 Å². The molecule has 0 spiro atoms. The molecule has 6 heteroatoms. The minimum absolute atomic E-state index is 0.0649. The fraction of sp³-hybridized carbons (Fsp3) is 0.892. The molecule has 0 amide bonds. The molecule has 0 rings (SSSR count). The highest BCUT2D eigenvalue weighted by Gasteiger charge is 2.19. The average Bonchev–Trinajstić information content (AvgIpc) is 3.37. The lowest BCUT2D eigenvalue weighted by Gasteiger charge is -2.18. The van der Waals surface area contributed by atoms with E-state index in [4.69, 9.17) is 14.2 Å². The Labute approximate surface area is 443 Å². The van der Waals surface area contributed by atoms with E-state index in [9.17, 15) is 14.4 Å². The second-order valence-electron chi connectivity index (χ2n) is 21.7. The summed E-state index contributed by atoms with van der Waals surface area (Å²) < 4.78 is 16.9. The van der Waals surface area contributed by atoms with Crippen LogP contribution in [0, 0.1) is 0 Å². The van der Waals surface area contributed by atoms with Gasteiger partial charge in [0.15, 0.2) is 6.10 Å². The zero-order valence-corrected chi connectivity index (χ0v) is 48.0. The van der Waals surface area contributed by atoms with Crippen LogP contribution in [0.25, 0.3) is 0 Å². The molecule has 71 heavy (non-hydrogen) atoms. The van der Waals surface area contributed by atoms with E-state index in [1.54, 1.807) is 0 Å². The van der Waals surface area contributed by atoms with E-state index in [1.807, 2.05) is 0 Å². The number of hydrogen-bond donors (Lipinski definition) is 0. The summed E-state index contributed by atoms with van der Waals surface area (Å²) in [4.78, 5) is 38.2. The summed E-state index contributed by atoms with van der Waals surface area (Å²) >= 11 is 0. The molecule has 1 unspecified atom stereocenters. The Morgan fingerprint density at radius 1 is 0.282 bits per heavy atom. The summed E-state index contributed by atoms with van der Waals surface area (Å²) in [5.41, 5.74) is 0. The third-order valence-electron chi connectivity index (χ3n) is 14.5. The van der Waals surface area contributed by atoms with Gasteiger partial charge >= 0.3 is 17.9 Å². The van der Waals surface area contributed by atoms with Gasteiger partial charge in [0.25, 0.3) is 0 Å². The summed E-state index contributed by atoms with van der Waals surface area (Å²) in [5, 5.41) is 0. The highest BCUT2D eigenvalue weighted by molar-refractivity contribution is 5.71. The van der Waals surface area contributed by atoms with Gasteiger partial charge in [-0.3, -0.25) is 14.4 Å². The fourth-order valence-corrected chi connectivity index (χ4v) is 9.65. The molecule has 418 valence electrons. The van der Waals surface area contributed by atoms with Gasteiger partial charge in [-0.1, -0.05) is 308 Å². The lowest BCUT2D eigenvalue weighted by atomic mass is 10.0. The van der Waals surface area contributed by atoms with Crippen LogP contribution in [0.15, 0.2) is 24.3 Å². The Kier molecular flexibility index (Phi) is 58.6. The molecule has 0 bridgehead atoms. The highest BCUT2D eigenvalue weighted by atomic mass is 16.6. The zero-order chi connectivity index (χ0) is 51.4. The Balaban J connectivity index is 4.20. The normalized spacial score (nSPS) is 12.1. The number of unbranched alkanes of at least 4 members (excludes halogenated alkanes) is 44. The van der Waals surface area contributed by atoms with Crippen molar-refractivity contribution in [2.75, 3.05) is 13.2 Å². The number of ether oxygens (including phenoxy) is 3. The van der Waals surface area contributed by atoms with Gasteiger partial charge in [-0.05, 0) is 51.4 Å². The molecule has 0 radical (unpaired) electrons. The molecule has 1 atom stereocenters. The van der Waals surface area contributed by atoms with Crippen LogP contribution in [0.5, 0.6) is 0 Å². The monoisotopic (exact) mass is 999 g/mol. The topological polar surface area (TPSA) is 78.9 Å². The van der Waals surface area contributed by atoms with Gasteiger partial charge < -0.3 is 14.2 Å². The second kappa shape index (κ2) is 60.4. The summed E-state index contributed by atoms with van der Waals surface area (Å²) in [5.74, 6) is -0.840. The fourth-order valence-electron chi connectivity index (χ4n) is 9.65. The molecule has 0 aromatic heterocycles. The molecule has 0 aromatic rings. The second-order valence-corrected chi connectivity index (χ2v) is 21.7. The van der Waals surface area contributed by atoms with Crippen molar-refractivity contribution >= 4 is 17.9 Å². The molecule has 0 aliphatic carbocycles. The molecule has 0 fully saturated rings. The van der Waals surface area contributed by atoms with Gasteiger partial charge in [-0.2, -0.15) is 0 Å². The minimum atomic E-state index is -0.766.